The number of amides is 1. The number of nitrogens with one attached hydrogen (secondary N) is 1. The largest absolute Gasteiger partial charge is 0.494 e. The number of carbonyl (C=O) groups excluding carboxylic acids is 1. The molecular formula is C19H27NO4. The van der Waals surface area contributed by atoms with E-state index in [4.69, 9.17) is 4.74 Å². The molecule has 0 spiro atoms. The average Bonchev–Trinajstić information content (AvgIpc) is 3.00. The monoisotopic (exact) mass is 333 g/mol. The third kappa shape index (κ3) is 4.49. The molecule has 1 fully saturated rings. The van der Waals surface area contributed by atoms with Gasteiger partial charge in [-0.2, -0.15) is 0 Å². The summed E-state index contributed by atoms with van der Waals surface area (Å²) in [7, 11) is 0. The molecule has 1 aliphatic carbocycles. The van der Waals surface area contributed by atoms with Crippen LogP contribution in [0.15, 0.2) is 18.2 Å². The maximum Gasteiger partial charge on any atom is 0.329 e. The molecule has 0 atom stereocenters. The minimum Gasteiger partial charge on any atom is -0.494 e. The number of aliphatic carboxylic acids is 1. The fourth-order valence-electron chi connectivity index (χ4n) is 3.34. The van der Waals surface area contributed by atoms with Gasteiger partial charge in [0.15, 0.2) is 0 Å². The highest BCUT2D eigenvalue weighted by Gasteiger charge is 2.42. The Bertz CT molecular complexity index is 591. The van der Waals surface area contributed by atoms with Gasteiger partial charge in [-0.3, -0.25) is 4.79 Å². The minimum absolute atomic E-state index is 0.165. The molecule has 2 N–H and O–H groups in total. The number of benzene rings is 1. The van der Waals surface area contributed by atoms with E-state index in [1.165, 1.54) is 0 Å². The smallest absolute Gasteiger partial charge is 0.329 e. The molecule has 0 radical (unpaired) electrons. The van der Waals surface area contributed by atoms with Crippen LogP contribution in [-0.2, 0) is 16.0 Å². The highest BCUT2D eigenvalue weighted by molar-refractivity contribution is 5.87. The number of rotatable bonds is 8. The van der Waals surface area contributed by atoms with Gasteiger partial charge in [0.25, 0.3) is 0 Å². The Morgan fingerprint density at radius 2 is 2.00 bits per heavy atom. The molecule has 1 aliphatic rings. The number of carboxylic acid groups (broad SMARTS) is 1. The van der Waals surface area contributed by atoms with Crippen LogP contribution in [0.25, 0.3) is 0 Å². The van der Waals surface area contributed by atoms with Crippen molar-refractivity contribution in [2.45, 2.75) is 64.3 Å². The SMILES string of the molecule is CCOc1ccc(CCCC(=O)NC2(C(=O)O)CCCC2)cc1C. The Morgan fingerprint density at radius 1 is 1.29 bits per heavy atom. The molecule has 2 rings (SSSR count). The van der Waals surface area contributed by atoms with Crippen molar-refractivity contribution < 1.29 is 19.4 Å². The van der Waals surface area contributed by atoms with Crippen molar-refractivity contribution in [3.05, 3.63) is 29.3 Å². The van der Waals surface area contributed by atoms with E-state index < -0.39 is 11.5 Å². The van der Waals surface area contributed by atoms with E-state index in [1.807, 2.05) is 26.0 Å². The summed E-state index contributed by atoms with van der Waals surface area (Å²) in [5.41, 5.74) is 1.22. The van der Waals surface area contributed by atoms with Crippen molar-refractivity contribution in [3.8, 4) is 5.75 Å². The summed E-state index contributed by atoms with van der Waals surface area (Å²) >= 11 is 0. The van der Waals surface area contributed by atoms with Crippen LogP contribution in [0.2, 0.25) is 0 Å². The second-order valence-corrected chi connectivity index (χ2v) is 6.53. The molecule has 5 nitrogen and oxygen atoms in total. The zero-order valence-corrected chi connectivity index (χ0v) is 14.6. The first-order valence-corrected chi connectivity index (χ1v) is 8.73. The molecule has 0 heterocycles. The molecule has 0 aromatic heterocycles. The first-order valence-electron chi connectivity index (χ1n) is 8.73. The molecule has 132 valence electrons. The van der Waals surface area contributed by atoms with E-state index in [0.717, 1.165) is 36.1 Å². The maximum atomic E-state index is 12.1. The van der Waals surface area contributed by atoms with Crippen LogP contribution in [0.4, 0.5) is 0 Å². The number of carbonyl (C=O) groups is 2. The van der Waals surface area contributed by atoms with Crippen LogP contribution in [0.5, 0.6) is 5.75 Å². The van der Waals surface area contributed by atoms with Gasteiger partial charge in [0.05, 0.1) is 6.61 Å². The predicted molar refractivity (Wildman–Crippen MR) is 92.3 cm³/mol. The minimum atomic E-state index is -1.03. The first kappa shape index (κ1) is 18.3. The Morgan fingerprint density at radius 3 is 2.58 bits per heavy atom. The lowest BCUT2D eigenvalue weighted by atomic mass is 9.97. The van der Waals surface area contributed by atoms with Crippen LogP contribution in [0.1, 0.15) is 56.6 Å². The highest BCUT2D eigenvalue weighted by atomic mass is 16.5. The van der Waals surface area contributed by atoms with Crippen LogP contribution < -0.4 is 10.1 Å². The third-order valence-electron chi connectivity index (χ3n) is 4.65. The summed E-state index contributed by atoms with van der Waals surface area (Å²) in [5, 5.41) is 12.1. The van der Waals surface area contributed by atoms with Gasteiger partial charge in [-0.1, -0.05) is 25.0 Å². The Balaban J connectivity index is 1.82. The van der Waals surface area contributed by atoms with Gasteiger partial charge in [-0.05, 0) is 56.7 Å². The lowest BCUT2D eigenvalue weighted by Crippen LogP contribution is -2.52. The molecule has 1 saturated carbocycles. The summed E-state index contributed by atoms with van der Waals surface area (Å²) in [5.74, 6) is -0.180. The van der Waals surface area contributed by atoms with Gasteiger partial charge in [0, 0.05) is 6.42 Å². The summed E-state index contributed by atoms with van der Waals surface area (Å²) < 4.78 is 5.52. The summed E-state index contributed by atoms with van der Waals surface area (Å²) in [4.78, 5) is 23.6. The van der Waals surface area contributed by atoms with Gasteiger partial charge in [-0.25, -0.2) is 4.79 Å². The molecule has 5 heteroatoms. The van der Waals surface area contributed by atoms with Crippen molar-refractivity contribution >= 4 is 11.9 Å². The number of hydrogen-bond acceptors (Lipinski definition) is 3. The lowest BCUT2D eigenvalue weighted by Gasteiger charge is -2.25. The number of hydrogen-bond donors (Lipinski definition) is 2. The molecule has 0 saturated heterocycles. The molecule has 0 aliphatic heterocycles. The molecule has 1 aromatic carbocycles. The van der Waals surface area contributed by atoms with E-state index >= 15 is 0 Å². The van der Waals surface area contributed by atoms with Crippen molar-refractivity contribution in [1.82, 2.24) is 5.32 Å². The number of carboxylic acids is 1. The number of aryl methyl sites for hydroxylation is 2. The molecule has 0 unspecified atom stereocenters. The lowest BCUT2D eigenvalue weighted by molar-refractivity contribution is -0.147. The van der Waals surface area contributed by atoms with E-state index in [9.17, 15) is 14.7 Å². The van der Waals surface area contributed by atoms with Gasteiger partial charge in [0.2, 0.25) is 5.91 Å². The third-order valence-corrected chi connectivity index (χ3v) is 4.65. The highest BCUT2D eigenvalue weighted by Crippen LogP contribution is 2.30. The van der Waals surface area contributed by atoms with E-state index in [0.29, 0.717) is 32.3 Å². The second-order valence-electron chi connectivity index (χ2n) is 6.53. The standard InChI is InChI=1S/C19H27NO4/c1-3-24-16-10-9-15(13-14(16)2)7-6-8-17(21)20-19(18(22)23)11-4-5-12-19/h9-10,13H,3-8,11-12H2,1-2H3,(H,20,21)(H,22,23). The van der Waals surface area contributed by atoms with Crippen molar-refractivity contribution in [3.63, 3.8) is 0 Å². The van der Waals surface area contributed by atoms with Crippen LogP contribution in [-0.4, -0.2) is 29.1 Å². The Kier molecular flexibility index (Phi) is 6.23. The van der Waals surface area contributed by atoms with Crippen LogP contribution >= 0.6 is 0 Å². The van der Waals surface area contributed by atoms with Crippen LogP contribution in [0.3, 0.4) is 0 Å². The zero-order valence-electron chi connectivity index (χ0n) is 14.6. The molecule has 1 aromatic rings. The van der Waals surface area contributed by atoms with E-state index in [2.05, 4.69) is 11.4 Å². The summed E-state index contributed by atoms with van der Waals surface area (Å²) in [6.07, 6.45) is 4.63. The average molecular weight is 333 g/mol. The van der Waals surface area contributed by atoms with Gasteiger partial charge in [0.1, 0.15) is 11.3 Å². The Hall–Kier alpha value is -2.04. The molecule has 1 amide bonds. The normalized spacial score (nSPS) is 15.9. The van der Waals surface area contributed by atoms with Crippen LogP contribution in [0, 0.1) is 6.92 Å². The van der Waals surface area contributed by atoms with Crippen molar-refractivity contribution in [1.29, 1.82) is 0 Å². The molecule has 24 heavy (non-hydrogen) atoms. The van der Waals surface area contributed by atoms with Crippen molar-refractivity contribution in [2.75, 3.05) is 6.61 Å². The number of ether oxygens (including phenoxy) is 1. The maximum absolute atomic E-state index is 12.1. The predicted octanol–water partition coefficient (Wildman–Crippen LogP) is 3.23. The van der Waals surface area contributed by atoms with Crippen molar-refractivity contribution in [2.24, 2.45) is 0 Å². The molecular weight excluding hydrogens is 306 g/mol. The zero-order chi connectivity index (χ0) is 17.6. The van der Waals surface area contributed by atoms with Gasteiger partial charge < -0.3 is 15.2 Å². The second kappa shape index (κ2) is 8.18. The molecule has 0 bridgehead atoms. The fourth-order valence-corrected chi connectivity index (χ4v) is 3.34. The van der Waals surface area contributed by atoms with E-state index in [-0.39, 0.29) is 5.91 Å². The quantitative estimate of drug-likeness (QED) is 0.766. The Labute approximate surface area is 143 Å². The van der Waals surface area contributed by atoms with E-state index in [1.54, 1.807) is 0 Å². The van der Waals surface area contributed by atoms with Gasteiger partial charge in [-0.15, -0.1) is 0 Å². The fraction of sp³-hybridized carbons (Fsp3) is 0.579. The first-order chi connectivity index (χ1) is 11.5. The summed E-state index contributed by atoms with van der Waals surface area (Å²) in [6, 6.07) is 6.07. The van der Waals surface area contributed by atoms with Gasteiger partial charge >= 0.3 is 5.97 Å². The summed E-state index contributed by atoms with van der Waals surface area (Å²) in [6.45, 7) is 4.61. The topological polar surface area (TPSA) is 75.6 Å².